The van der Waals surface area contributed by atoms with Crippen molar-refractivity contribution in [2.75, 3.05) is 10.7 Å². The third-order valence-electron chi connectivity index (χ3n) is 3.64. The van der Waals surface area contributed by atoms with Crippen molar-refractivity contribution >= 4 is 33.3 Å². The Balaban J connectivity index is 1.96. The van der Waals surface area contributed by atoms with E-state index in [0.29, 0.717) is 17.9 Å². The fraction of sp³-hybridized carbons (Fsp3) is 0.500. The molecular formula is C12H17N5S. The monoisotopic (exact) mass is 263 g/mol. The largest absolute Gasteiger partial charge is 0.366 e. The number of nitrogens with one attached hydrogen (secondary N) is 2. The van der Waals surface area contributed by atoms with E-state index >= 15 is 0 Å². The summed E-state index contributed by atoms with van der Waals surface area (Å²) in [5, 5.41) is 6.67. The Morgan fingerprint density at radius 2 is 2.28 bits per heavy atom. The average molecular weight is 263 g/mol. The van der Waals surface area contributed by atoms with Crippen LogP contribution in [0.25, 0.3) is 10.2 Å². The van der Waals surface area contributed by atoms with Crippen LogP contribution in [0.2, 0.25) is 0 Å². The standard InChI is InChI=1S/C12H17N5S/c1-7-3-2-4-9(7)14-10-8-5-6-18-11(8)16-12(15-10)17-13/h5-7,9H,2-4,13H2,1H3,(H2,14,15,16,17). The highest BCUT2D eigenvalue weighted by atomic mass is 32.1. The lowest BCUT2D eigenvalue weighted by atomic mass is 10.1. The number of fused-ring (bicyclic) bond motifs is 1. The number of nitrogens with zero attached hydrogens (tertiary/aromatic N) is 2. The Morgan fingerprint density at radius 1 is 1.39 bits per heavy atom. The zero-order valence-corrected chi connectivity index (χ0v) is 11.1. The van der Waals surface area contributed by atoms with Gasteiger partial charge in [-0.2, -0.15) is 4.98 Å². The fourth-order valence-corrected chi connectivity index (χ4v) is 3.33. The van der Waals surface area contributed by atoms with Crippen molar-refractivity contribution in [2.24, 2.45) is 11.8 Å². The van der Waals surface area contributed by atoms with E-state index in [-0.39, 0.29) is 0 Å². The molecule has 2 unspecified atom stereocenters. The molecule has 2 heterocycles. The van der Waals surface area contributed by atoms with E-state index in [1.807, 2.05) is 5.38 Å². The molecule has 1 fully saturated rings. The summed E-state index contributed by atoms with van der Waals surface area (Å²) < 4.78 is 0. The van der Waals surface area contributed by atoms with E-state index in [4.69, 9.17) is 5.84 Å². The van der Waals surface area contributed by atoms with Gasteiger partial charge in [-0.3, -0.25) is 5.43 Å². The molecule has 0 bridgehead atoms. The van der Waals surface area contributed by atoms with E-state index in [2.05, 4.69) is 33.7 Å². The summed E-state index contributed by atoms with van der Waals surface area (Å²) >= 11 is 1.60. The van der Waals surface area contributed by atoms with Crippen molar-refractivity contribution < 1.29 is 0 Å². The molecule has 0 spiro atoms. The van der Waals surface area contributed by atoms with Crippen LogP contribution >= 0.6 is 11.3 Å². The van der Waals surface area contributed by atoms with Crippen LogP contribution in [-0.4, -0.2) is 16.0 Å². The van der Waals surface area contributed by atoms with Gasteiger partial charge >= 0.3 is 0 Å². The molecule has 0 aromatic carbocycles. The predicted octanol–water partition coefficient (Wildman–Crippen LogP) is 2.58. The van der Waals surface area contributed by atoms with Crippen molar-refractivity contribution in [1.29, 1.82) is 0 Å². The molecule has 2 aromatic rings. The van der Waals surface area contributed by atoms with Gasteiger partial charge in [-0.1, -0.05) is 13.3 Å². The third kappa shape index (κ3) is 2.02. The molecule has 96 valence electrons. The van der Waals surface area contributed by atoms with Crippen molar-refractivity contribution in [2.45, 2.75) is 32.2 Å². The van der Waals surface area contributed by atoms with Crippen LogP contribution in [0.4, 0.5) is 11.8 Å². The maximum absolute atomic E-state index is 5.42. The first-order chi connectivity index (χ1) is 8.78. The normalized spacial score (nSPS) is 23.4. The smallest absolute Gasteiger partial charge is 0.240 e. The number of aromatic nitrogens is 2. The highest BCUT2D eigenvalue weighted by Crippen LogP contribution is 2.31. The molecule has 4 N–H and O–H groups in total. The Hall–Kier alpha value is -1.40. The van der Waals surface area contributed by atoms with Gasteiger partial charge in [-0.15, -0.1) is 11.3 Å². The Morgan fingerprint density at radius 3 is 3.00 bits per heavy atom. The predicted molar refractivity (Wildman–Crippen MR) is 75.7 cm³/mol. The Bertz CT molecular complexity index is 552. The summed E-state index contributed by atoms with van der Waals surface area (Å²) in [6.07, 6.45) is 3.79. The molecule has 1 saturated carbocycles. The number of nitrogens with two attached hydrogens (primary N) is 1. The van der Waals surface area contributed by atoms with E-state index in [1.165, 1.54) is 19.3 Å². The highest BCUT2D eigenvalue weighted by molar-refractivity contribution is 7.16. The third-order valence-corrected chi connectivity index (χ3v) is 4.44. The number of anilines is 2. The van der Waals surface area contributed by atoms with Gasteiger partial charge in [0.25, 0.3) is 0 Å². The van der Waals surface area contributed by atoms with Crippen LogP contribution in [0.1, 0.15) is 26.2 Å². The van der Waals surface area contributed by atoms with E-state index in [0.717, 1.165) is 16.0 Å². The topological polar surface area (TPSA) is 75.9 Å². The first-order valence-corrected chi connectivity index (χ1v) is 7.14. The van der Waals surface area contributed by atoms with Crippen LogP contribution in [0, 0.1) is 5.92 Å². The summed E-state index contributed by atoms with van der Waals surface area (Å²) in [5.41, 5.74) is 2.53. The maximum atomic E-state index is 5.42. The molecule has 18 heavy (non-hydrogen) atoms. The quantitative estimate of drug-likeness (QED) is 0.586. The van der Waals surface area contributed by atoms with Gasteiger partial charge in [0.15, 0.2) is 0 Å². The van der Waals surface area contributed by atoms with Gasteiger partial charge in [-0.25, -0.2) is 10.8 Å². The summed E-state index contributed by atoms with van der Waals surface area (Å²) in [5.74, 6) is 7.48. The van der Waals surface area contributed by atoms with Crippen LogP contribution in [0.3, 0.4) is 0 Å². The summed E-state index contributed by atoms with van der Waals surface area (Å²) in [4.78, 5) is 9.74. The Labute approximate surface area is 110 Å². The molecule has 1 aliphatic rings. The van der Waals surface area contributed by atoms with Crippen molar-refractivity contribution in [3.8, 4) is 0 Å². The minimum absolute atomic E-state index is 0.470. The molecule has 0 saturated heterocycles. The van der Waals surface area contributed by atoms with Crippen LogP contribution in [-0.2, 0) is 0 Å². The van der Waals surface area contributed by atoms with Crippen LogP contribution in [0.15, 0.2) is 11.4 Å². The zero-order valence-electron chi connectivity index (χ0n) is 10.3. The lowest BCUT2D eigenvalue weighted by Gasteiger charge is -2.18. The fourth-order valence-electron chi connectivity index (χ4n) is 2.57. The van der Waals surface area contributed by atoms with E-state index in [9.17, 15) is 0 Å². The molecule has 2 atom stereocenters. The van der Waals surface area contributed by atoms with Crippen molar-refractivity contribution in [1.82, 2.24) is 9.97 Å². The molecule has 0 aliphatic heterocycles. The molecule has 0 amide bonds. The number of rotatable bonds is 3. The first kappa shape index (κ1) is 11.7. The second kappa shape index (κ2) is 4.70. The maximum Gasteiger partial charge on any atom is 0.240 e. The average Bonchev–Trinajstić information content (AvgIpc) is 2.98. The molecule has 0 radical (unpaired) electrons. The second-order valence-corrected chi connectivity index (χ2v) is 5.73. The van der Waals surface area contributed by atoms with Gasteiger partial charge in [0, 0.05) is 6.04 Å². The van der Waals surface area contributed by atoms with E-state index in [1.54, 1.807) is 11.3 Å². The van der Waals surface area contributed by atoms with Crippen molar-refractivity contribution in [3.63, 3.8) is 0 Å². The summed E-state index contributed by atoms with van der Waals surface area (Å²) in [7, 11) is 0. The SMILES string of the molecule is CC1CCCC1Nc1nc(NN)nc2sccc12. The van der Waals surface area contributed by atoms with Gasteiger partial charge in [-0.05, 0) is 30.2 Å². The van der Waals surface area contributed by atoms with Gasteiger partial charge < -0.3 is 5.32 Å². The summed E-state index contributed by atoms with van der Waals surface area (Å²) in [6.45, 7) is 2.29. The number of hydrogen-bond donors (Lipinski definition) is 3. The molecule has 1 aliphatic carbocycles. The van der Waals surface area contributed by atoms with Crippen LogP contribution < -0.4 is 16.6 Å². The molecule has 2 aromatic heterocycles. The number of hydrazine groups is 1. The lowest BCUT2D eigenvalue weighted by Crippen LogP contribution is -2.23. The second-order valence-electron chi connectivity index (χ2n) is 4.84. The first-order valence-electron chi connectivity index (χ1n) is 6.26. The number of hydrogen-bond acceptors (Lipinski definition) is 6. The molecule has 5 nitrogen and oxygen atoms in total. The highest BCUT2D eigenvalue weighted by Gasteiger charge is 2.24. The Kier molecular flexibility index (Phi) is 3.05. The van der Waals surface area contributed by atoms with E-state index < -0.39 is 0 Å². The van der Waals surface area contributed by atoms with Crippen LogP contribution in [0.5, 0.6) is 0 Å². The number of nitrogen functional groups attached to an aromatic ring is 1. The summed E-state index contributed by atoms with van der Waals surface area (Å²) in [6, 6.07) is 2.57. The minimum Gasteiger partial charge on any atom is -0.366 e. The minimum atomic E-state index is 0.470. The van der Waals surface area contributed by atoms with Gasteiger partial charge in [0.2, 0.25) is 5.95 Å². The van der Waals surface area contributed by atoms with Crippen molar-refractivity contribution in [3.05, 3.63) is 11.4 Å². The van der Waals surface area contributed by atoms with Gasteiger partial charge in [0.05, 0.1) is 5.39 Å². The van der Waals surface area contributed by atoms with Gasteiger partial charge in [0.1, 0.15) is 10.6 Å². The molecular weight excluding hydrogens is 246 g/mol. The molecule has 3 rings (SSSR count). The molecule has 6 heteroatoms. The zero-order chi connectivity index (χ0) is 12.5. The number of thiophene rings is 1. The lowest BCUT2D eigenvalue weighted by molar-refractivity contribution is 0.555.